The number of aliphatic hydroxyl groups excluding tert-OH is 1. The number of ether oxygens (including phenoxy) is 1. The van der Waals surface area contributed by atoms with Crippen LogP contribution in [0.5, 0.6) is 5.75 Å². The number of aliphatic hydroxyl groups is 1. The first-order valence-electron chi connectivity index (χ1n) is 7.06. The summed E-state index contributed by atoms with van der Waals surface area (Å²) < 4.78 is 5.95. The Bertz CT molecular complexity index is 532. The zero-order valence-electron chi connectivity index (χ0n) is 11.7. The molecule has 102 valence electrons. The Morgan fingerprint density at radius 3 is 2.63 bits per heavy atom. The van der Waals surface area contributed by atoms with Crippen LogP contribution in [0.25, 0.3) is 10.8 Å². The molecule has 1 atom stereocenters. The van der Waals surface area contributed by atoms with E-state index in [9.17, 15) is 5.11 Å². The third-order valence-electron chi connectivity index (χ3n) is 3.35. The summed E-state index contributed by atoms with van der Waals surface area (Å²) in [5, 5.41) is 12.1. The minimum Gasteiger partial charge on any atom is -0.493 e. The number of benzene rings is 2. The monoisotopic (exact) mass is 258 g/mol. The van der Waals surface area contributed by atoms with Gasteiger partial charge in [-0.25, -0.2) is 0 Å². The van der Waals surface area contributed by atoms with Crippen LogP contribution >= 0.6 is 0 Å². The molecular formula is C17H22O2. The van der Waals surface area contributed by atoms with Gasteiger partial charge in [0.1, 0.15) is 5.75 Å². The van der Waals surface area contributed by atoms with Crippen molar-refractivity contribution in [2.75, 3.05) is 6.61 Å². The molecule has 0 aliphatic rings. The summed E-state index contributed by atoms with van der Waals surface area (Å²) in [4.78, 5) is 0. The Morgan fingerprint density at radius 2 is 1.89 bits per heavy atom. The van der Waals surface area contributed by atoms with Crippen molar-refractivity contribution in [3.05, 3.63) is 42.0 Å². The van der Waals surface area contributed by atoms with E-state index in [1.807, 2.05) is 24.3 Å². The van der Waals surface area contributed by atoms with E-state index in [-0.39, 0.29) is 0 Å². The van der Waals surface area contributed by atoms with Gasteiger partial charge < -0.3 is 9.84 Å². The minimum atomic E-state index is -0.509. The molecule has 0 saturated carbocycles. The highest BCUT2D eigenvalue weighted by Crippen LogP contribution is 2.33. The quantitative estimate of drug-likeness (QED) is 0.775. The Hall–Kier alpha value is -1.54. The first-order chi connectivity index (χ1) is 9.24. The average molecular weight is 258 g/mol. The highest BCUT2D eigenvalue weighted by molar-refractivity contribution is 5.89. The SMILES string of the molecule is CCCCCOc1c([C@H](C)O)ccc2ccccc12. The van der Waals surface area contributed by atoms with E-state index in [0.717, 1.165) is 28.5 Å². The number of rotatable bonds is 6. The topological polar surface area (TPSA) is 29.5 Å². The van der Waals surface area contributed by atoms with Crippen LogP contribution < -0.4 is 4.74 Å². The fraction of sp³-hybridized carbons (Fsp3) is 0.412. The molecule has 2 rings (SSSR count). The Morgan fingerprint density at radius 1 is 1.11 bits per heavy atom. The summed E-state index contributed by atoms with van der Waals surface area (Å²) in [5.74, 6) is 0.837. The van der Waals surface area contributed by atoms with Gasteiger partial charge in [-0.3, -0.25) is 0 Å². The molecule has 0 radical (unpaired) electrons. The molecule has 0 fully saturated rings. The van der Waals surface area contributed by atoms with Crippen molar-refractivity contribution in [2.24, 2.45) is 0 Å². The molecule has 0 aromatic heterocycles. The predicted molar refractivity (Wildman–Crippen MR) is 79.6 cm³/mol. The summed E-state index contributed by atoms with van der Waals surface area (Å²) in [6.45, 7) is 4.67. The summed E-state index contributed by atoms with van der Waals surface area (Å²) in [5.41, 5.74) is 0.871. The van der Waals surface area contributed by atoms with Crippen LogP contribution in [-0.2, 0) is 0 Å². The second kappa shape index (κ2) is 6.58. The molecule has 2 nitrogen and oxygen atoms in total. The highest BCUT2D eigenvalue weighted by atomic mass is 16.5. The minimum absolute atomic E-state index is 0.509. The van der Waals surface area contributed by atoms with E-state index < -0.39 is 6.10 Å². The standard InChI is InChI=1S/C17H22O2/c1-3-4-7-12-19-17-15(13(2)18)11-10-14-8-5-6-9-16(14)17/h5-6,8-11,13,18H,3-4,7,12H2,1-2H3/t13-/m0/s1. The normalized spacial score (nSPS) is 12.6. The molecule has 0 heterocycles. The second-order valence-corrected chi connectivity index (χ2v) is 4.94. The van der Waals surface area contributed by atoms with Crippen LogP contribution in [0.15, 0.2) is 36.4 Å². The van der Waals surface area contributed by atoms with Gasteiger partial charge in [0.25, 0.3) is 0 Å². The zero-order chi connectivity index (χ0) is 13.7. The van der Waals surface area contributed by atoms with Crippen LogP contribution in [0.2, 0.25) is 0 Å². The van der Waals surface area contributed by atoms with Crippen molar-refractivity contribution in [2.45, 2.75) is 39.2 Å². The summed E-state index contributed by atoms with van der Waals surface area (Å²) >= 11 is 0. The molecule has 0 saturated heterocycles. The third kappa shape index (κ3) is 3.27. The molecule has 0 spiro atoms. The first-order valence-corrected chi connectivity index (χ1v) is 7.06. The summed E-state index contributed by atoms with van der Waals surface area (Å²) in [6, 6.07) is 12.1. The molecule has 19 heavy (non-hydrogen) atoms. The second-order valence-electron chi connectivity index (χ2n) is 4.94. The molecule has 1 N–H and O–H groups in total. The van der Waals surface area contributed by atoms with Gasteiger partial charge in [0.05, 0.1) is 12.7 Å². The van der Waals surface area contributed by atoms with Gasteiger partial charge in [-0.15, -0.1) is 0 Å². The number of hydrogen-bond donors (Lipinski definition) is 1. The van der Waals surface area contributed by atoms with Crippen molar-refractivity contribution in [3.8, 4) is 5.75 Å². The number of hydrogen-bond acceptors (Lipinski definition) is 2. The van der Waals surface area contributed by atoms with E-state index in [1.165, 1.54) is 12.8 Å². The number of fused-ring (bicyclic) bond motifs is 1. The maximum absolute atomic E-state index is 9.89. The van der Waals surface area contributed by atoms with Gasteiger partial charge >= 0.3 is 0 Å². The highest BCUT2D eigenvalue weighted by Gasteiger charge is 2.12. The largest absolute Gasteiger partial charge is 0.493 e. The maximum atomic E-state index is 9.89. The lowest BCUT2D eigenvalue weighted by Gasteiger charge is -2.16. The zero-order valence-corrected chi connectivity index (χ0v) is 11.7. The molecule has 2 aromatic carbocycles. The Kier molecular flexibility index (Phi) is 4.80. The summed E-state index contributed by atoms with van der Waals surface area (Å²) in [6.07, 6.45) is 2.90. The van der Waals surface area contributed by atoms with Crippen molar-refractivity contribution in [3.63, 3.8) is 0 Å². The van der Waals surface area contributed by atoms with Crippen LogP contribution in [0.3, 0.4) is 0 Å². The van der Waals surface area contributed by atoms with Gasteiger partial charge in [0.15, 0.2) is 0 Å². The van der Waals surface area contributed by atoms with Crippen LogP contribution in [0, 0.1) is 0 Å². The Balaban J connectivity index is 2.33. The lowest BCUT2D eigenvalue weighted by Crippen LogP contribution is -2.03. The fourth-order valence-corrected chi connectivity index (χ4v) is 2.28. The van der Waals surface area contributed by atoms with Gasteiger partial charge in [-0.2, -0.15) is 0 Å². The molecule has 0 aliphatic carbocycles. The average Bonchev–Trinajstić information content (AvgIpc) is 2.43. The molecule has 0 aliphatic heterocycles. The van der Waals surface area contributed by atoms with Crippen molar-refractivity contribution in [1.82, 2.24) is 0 Å². The summed E-state index contributed by atoms with van der Waals surface area (Å²) in [7, 11) is 0. The molecular weight excluding hydrogens is 236 g/mol. The third-order valence-corrected chi connectivity index (χ3v) is 3.35. The molecule has 2 heteroatoms. The van der Waals surface area contributed by atoms with Gasteiger partial charge in [-0.1, -0.05) is 56.2 Å². The van der Waals surface area contributed by atoms with E-state index in [1.54, 1.807) is 6.92 Å². The first kappa shape index (κ1) is 13.9. The Labute approximate surface area is 115 Å². The van der Waals surface area contributed by atoms with Crippen LogP contribution in [0.4, 0.5) is 0 Å². The van der Waals surface area contributed by atoms with Crippen molar-refractivity contribution < 1.29 is 9.84 Å². The van der Waals surface area contributed by atoms with E-state index in [4.69, 9.17) is 4.74 Å². The lowest BCUT2D eigenvalue weighted by molar-refractivity contribution is 0.191. The molecule has 0 bridgehead atoms. The molecule has 0 unspecified atom stereocenters. The van der Waals surface area contributed by atoms with E-state index in [0.29, 0.717) is 6.61 Å². The molecule has 2 aromatic rings. The van der Waals surface area contributed by atoms with Crippen LogP contribution in [0.1, 0.15) is 44.8 Å². The van der Waals surface area contributed by atoms with E-state index in [2.05, 4.69) is 19.1 Å². The van der Waals surface area contributed by atoms with Gasteiger partial charge in [0.2, 0.25) is 0 Å². The van der Waals surface area contributed by atoms with Crippen molar-refractivity contribution in [1.29, 1.82) is 0 Å². The smallest absolute Gasteiger partial charge is 0.132 e. The van der Waals surface area contributed by atoms with Gasteiger partial charge in [-0.05, 0) is 18.7 Å². The van der Waals surface area contributed by atoms with Crippen molar-refractivity contribution >= 4 is 10.8 Å². The molecule has 0 amide bonds. The van der Waals surface area contributed by atoms with E-state index >= 15 is 0 Å². The lowest BCUT2D eigenvalue weighted by atomic mass is 10.0. The fourth-order valence-electron chi connectivity index (χ4n) is 2.28. The maximum Gasteiger partial charge on any atom is 0.132 e. The van der Waals surface area contributed by atoms with Crippen LogP contribution in [-0.4, -0.2) is 11.7 Å². The number of unbranched alkanes of at least 4 members (excludes halogenated alkanes) is 2. The van der Waals surface area contributed by atoms with Gasteiger partial charge in [0, 0.05) is 10.9 Å². The predicted octanol–water partition coefficient (Wildman–Crippen LogP) is 4.46.